The zero-order valence-corrected chi connectivity index (χ0v) is 12.4. The van der Waals surface area contributed by atoms with Gasteiger partial charge < -0.3 is 0 Å². The van der Waals surface area contributed by atoms with Gasteiger partial charge in [-0.15, -0.1) is 0 Å². The van der Waals surface area contributed by atoms with Crippen LogP contribution in [0.15, 0.2) is 35.2 Å². The molecule has 2 nitrogen and oxygen atoms in total. The third-order valence-electron chi connectivity index (χ3n) is 4.35. The van der Waals surface area contributed by atoms with E-state index in [1.807, 2.05) is 34.6 Å². The van der Waals surface area contributed by atoms with Gasteiger partial charge in [-0.1, -0.05) is 45.9 Å². The second kappa shape index (κ2) is 4.61. The van der Waals surface area contributed by atoms with E-state index < -0.39 is 0 Å². The molecule has 0 aliphatic carbocycles. The van der Waals surface area contributed by atoms with Crippen LogP contribution in [0.1, 0.15) is 34.1 Å². The molecule has 1 amide bonds. The lowest BCUT2D eigenvalue weighted by Gasteiger charge is -2.48. The summed E-state index contributed by atoms with van der Waals surface area (Å²) in [5.74, 6) is 0.243. The molecule has 1 saturated heterocycles. The number of carbonyl (C=O) groups is 1. The summed E-state index contributed by atoms with van der Waals surface area (Å²) in [4.78, 5) is 13.7. The first-order chi connectivity index (χ1) is 8.34. The molecule has 0 radical (unpaired) electrons. The molecule has 0 spiro atoms. The molecular formula is C15H21NOS. The molecule has 0 aromatic heterocycles. The monoisotopic (exact) mass is 263 g/mol. The highest BCUT2D eigenvalue weighted by Gasteiger charge is 2.48. The van der Waals surface area contributed by atoms with Crippen molar-refractivity contribution >= 4 is 17.9 Å². The lowest BCUT2D eigenvalue weighted by atomic mass is 9.64. The van der Waals surface area contributed by atoms with Crippen molar-refractivity contribution in [2.45, 2.75) is 39.0 Å². The molecule has 0 atom stereocenters. The van der Waals surface area contributed by atoms with Crippen LogP contribution >= 0.6 is 11.9 Å². The summed E-state index contributed by atoms with van der Waals surface area (Å²) in [7, 11) is 0. The number of nitrogens with zero attached hydrogens (tertiary/aromatic N) is 1. The fourth-order valence-electron chi connectivity index (χ4n) is 2.09. The molecule has 98 valence electrons. The van der Waals surface area contributed by atoms with Gasteiger partial charge >= 0.3 is 0 Å². The third kappa shape index (κ3) is 2.28. The zero-order valence-electron chi connectivity index (χ0n) is 11.6. The maximum absolute atomic E-state index is 12.6. The van der Waals surface area contributed by atoms with Gasteiger partial charge in [-0.2, -0.15) is 0 Å². The molecule has 1 aliphatic heterocycles. The highest BCUT2D eigenvalue weighted by Crippen LogP contribution is 2.48. The normalized spacial score (nSPS) is 22.0. The van der Waals surface area contributed by atoms with Crippen LogP contribution in [0, 0.1) is 10.8 Å². The number of hydrogen-bond acceptors (Lipinski definition) is 2. The number of amides is 1. The van der Waals surface area contributed by atoms with Crippen LogP contribution in [-0.4, -0.2) is 16.8 Å². The van der Waals surface area contributed by atoms with Gasteiger partial charge in [0, 0.05) is 16.9 Å². The van der Waals surface area contributed by atoms with Gasteiger partial charge in [-0.05, 0) is 35.9 Å². The molecular weight excluding hydrogens is 242 g/mol. The molecule has 0 unspecified atom stereocenters. The van der Waals surface area contributed by atoms with E-state index in [0.717, 1.165) is 17.9 Å². The lowest BCUT2D eigenvalue weighted by molar-refractivity contribution is -0.146. The van der Waals surface area contributed by atoms with Crippen LogP contribution in [0.2, 0.25) is 0 Å². The molecule has 1 aliphatic rings. The average Bonchev–Trinajstić information content (AvgIpc) is 2.33. The van der Waals surface area contributed by atoms with Crippen molar-refractivity contribution in [3.63, 3.8) is 0 Å². The van der Waals surface area contributed by atoms with Crippen LogP contribution in [0.3, 0.4) is 0 Å². The Morgan fingerprint density at radius 3 is 2.33 bits per heavy atom. The van der Waals surface area contributed by atoms with Crippen molar-refractivity contribution in [1.82, 2.24) is 4.31 Å². The molecule has 1 heterocycles. The molecule has 1 fully saturated rings. The van der Waals surface area contributed by atoms with Crippen LogP contribution in [0.5, 0.6) is 0 Å². The molecule has 3 heteroatoms. The fourth-order valence-corrected chi connectivity index (χ4v) is 3.12. The Bertz CT molecular complexity index is 439. The van der Waals surface area contributed by atoms with Gasteiger partial charge in [0.05, 0.1) is 0 Å². The molecule has 0 N–H and O–H groups in total. The topological polar surface area (TPSA) is 20.3 Å². The minimum Gasteiger partial charge on any atom is -0.282 e. The Morgan fingerprint density at radius 2 is 1.72 bits per heavy atom. The predicted molar refractivity (Wildman–Crippen MR) is 76.2 cm³/mol. The van der Waals surface area contributed by atoms with Crippen LogP contribution in [-0.2, 0) is 4.79 Å². The van der Waals surface area contributed by atoms with Gasteiger partial charge in [-0.3, -0.25) is 9.10 Å². The van der Waals surface area contributed by atoms with Gasteiger partial charge in [0.2, 0.25) is 5.91 Å². The summed E-state index contributed by atoms with van der Waals surface area (Å²) in [5.41, 5.74) is -0.231. The SMILES string of the molecule is CC1(C)CCN(Sc2ccccc2)C(=O)C1(C)C. The smallest absolute Gasteiger partial charge is 0.238 e. The van der Waals surface area contributed by atoms with E-state index in [2.05, 4.69) is 27.7 Å². The maximum Gasteiger partial charge on any atom is 0.238 e. The van der Waals surface area contributed by atoms with Gasteiger partial charge in [0.25, 0.3) is 0 Å². The maximum atomic E-state index is 12.6. The average molecular weight is 263 g/mol. The summed E-state index contributed by atoms with van der Waals surface area (Å²) < 4.78 is 1.92. The quantitative estimate of drug-likeness (QED) is 0.752. The summed E-state index contributed by atoms with van der Waals surface area (Å²) >= 11 is 1.56. The summed E-state index contributed by atoms with van der Waals surface area (Å²) in [5, 5.41) is 0. The van der Waals surface area contributed by atoms with Crippen molar-refractivity contribution in [3.05, 3.63) is 30.3 Å². The summed E-state index contributed by atoms with van der Waals surface area (Å²) in [6, 6.07) is 10.1. The Morgan fingerprint density at radius 1 is 1.11 bits per heavy atom. The lowest BCUT2D eigenvalue weighted by Crippen LogP contribution is -2.52. The third-order valence-corrected chi connectivity index (χ3v) is 5.40. The van der Waals surface area contributed by atoms with E-state index in [1.54, 1.807) is 11.9 Å². The van der Waals surface area contributed by atoms with E-state index in [-0.39, 0.29) is 16.7 Å². The Labute approximate surface area is 114 Å². The molecule has 1 aromatic rings. The first-order valence-corrected chi connectivity index (χ1v) is 7.17. The van der Waals surface area contributed by atoms with E-state index >= 15 is 0 Å². The van der Waals surface area contributed by atoms with Crippen molar-refractivity contribution in [3.8, 4) is 0 Å². The van der Waals surface area contributed by atoms with Crippen molar-refractivity contribution in [1.29, 1.82) is 0 Å². The number of rotatable bonds is 2. The van der Waals surface area contributed by atoms with Crippen molar-refractivity contribution in [2.75, 3.05) is 6.54 Å². The van der Waals surface area contributed by atoms with Crippen LogP contribution < -0.4 is 0 Å². The zero-order chi connectivity index (χ0) is 13.4. The van der Waals surface area contributed by atoms with Crippen LogP contribution in [0.4, 0.5) is 0 Å². The highest BCUT2D eigenvalue weighted by molar-refractivity contribution is 7.97. The minimum absolute atomic E-state index is 0.0673. The van der Waals surface area contributed by atoms with Crippen molar-refractivity contribution in [2.24, 2.45) is 10.8 Å². The highest BCUT2D eigenvalue weighted by atomic mass is 32.2. The van der Waals surface area contributed by atoms with E-state index in [0.29, 0.717) is 0 Å². The number of benzene rings is 1. The van der Waals surface area contributed by atoms with E-state index in [1.165, 1.54) is 0 Å². The second-order valence-electron chi connectivity index (χ2n) is 6.07. The molecule has 18 heavy (non-hydrogen) atoms. The second-order valence-corrected chi connectivity index (χ2v) is 7.17. The van der Waals surface area contributed by atoms with Gasteiger partial charge in [0.1, 0.15) is 0 Å². The Hall–Kier alpha value is -0.960. The first-order valence-electron chi connectivity index (χ1n) is 6.39. The molecule has 0 bridgehead atoms. The van der Waals surface area contributed by atoms with Gasteiger partial charge in [-0.25, -0.2) is 0 Å². The minimum atomic E-state index is -0.299. The Kier molecular flexibility index (Phi) is 3.45. The number of piperidine rings is 1. The number of hydrogen-bond donors (Lipinski definition) is 0. The van der Waals surface area contributed by atoms with Crippen molar-refractivity contribution < 1.29 is 4.79 Å². The molecule has 2 rings (SSSR count). The standard InChI is InChI=1S/C15H21NOS/c1-14(2)10-11-16(13(17)15(14,3)4)18-12-8-6-5-7-9-12/h5-9H,10-11H2,1-4H3. The van der Waals surface area contributed by atoms with E-state index in [9.17, 15) is 4.79 Å². The molecule has 1 aromatic carbocycles. The van der Waals surface area contributed by atoms with Crippen LogP contribution in [0.25, 0.3) is 0 Å². The Balaban J connectivity index is 2.16. The van der Waals surface area contributed by atoms with Gasteiger partial charge in [0.15, 0.2) is 0 Å². The summed E-state index contributed by atoms with van der Waals surface area (Å²) in [6.45, 7) is 9.33. The summed E-state index contributed by atoms with van der Waals surface area (Å²) in [6.07, 6.45) is 1.05. The predicted octanol–water partition coefficient (Wildman–Crippen LogP) is 3.98. The fraction of sp³-hybridized carbons (Fsp3) is 0.533. The first kappa shape index (κ1) is 13.5. The largest absolute Gasteiger partial charge is 0.282 e. The van der Waals surface area contributed by atoms with E-state index in [4.69, 9.17) is 0 Å². The number of carbonyl (C=O) groups excluding carboxylic acids is 1. The molecule has 0 saturated carbocycles.